The van der Waals surface area contributed by atoms with E-state index in [2.05, 4.69) is 9.97 Å². The normalized spacial score (nSPS) is 10.1. The average molecular weight is 216 g/mol. The smallest absolute Gasteiger partial charge is 0.214 e. The first-order valence-electron chi connectivity index (χ1n) is 4.88. The number of aromatic nitrogens is 2. The summed E-state index contributed by atoms with van der Waals surface area (Å²) in [7, 11) is 1.60. The molecule has 2 aromatic rings. The third kappa shape index (κ3) is 1.95. The van der Waals surface area contributed by atoms with Gasteiger partial charge in [-0.3, -0.25) is 0 Å². The lowest BCUT2D eigenvalue weighted by Crippen LogP contribution is -1.93. The second-order valence-electron chi connectivity index (χ2n) is 3.44. The highest BCUT2D eigenvalue weighted by Gasteiger charge is 2.08. The number of aryl methyl sites for hydroxylation is 1. The van der Waals surface area contributed by atoms with Crippen molar-refractivity contribution in [3.8, 4) is 23.0 Å². The fraction of sp³-hybridized carbons (Fsp3) is 0.167. The Labute approximate surface area is 93.6 Å². The van der Waals surface area contributed by atoms with Crippen molar-refractivity contribution >= 4 is 0 Å². The molecule has 82 valence electrons. The van der Waals surface area contributed by atoms with Gasteiger partial charge < -0.3 is 9.84 Å². The number of aromatic hydroxyl groups is 1. The van der Waals surface area contributed by atoms with Crippen LogP contribution in [0.5, 0.6) is 11.6 Å². The van der Waals surface area contributed by atoms with Crippen LogP contribution in [-0.2, 0) is 0 Å². The van der Waals surface area contributed by atoms with Crippen LogP contribution in [0.1, 0.15) is 5.56 Å². The Bertz CT molecular complexity index is 512. The molecule has 4 heteroatoms. The van der Waals surface area contributed by atoms with Gasteiger partial charge in [-0.1, -0.05) is 6.07 Å². The highest BCUT2D eigenvalue weighted by Crippen LogP contribution is 2.28. The maximum Gasteiger partial charge on any atom is 0.214 e. The molecule has 1 aromatic heterocycles. The van der Waals surface area contributed by atoms with Crippen molar-refractivity contribution < 1.29 is 9.84 Å². The predicted octanol–water partition coefficient (Wildman–Crippen LogP) is 2.17. The molecule has 0 saturated carbocycles. The van der Waals surface area contributed by atoms with E-state index in [1.165, 1.54) is 12.3 Å². The number of nitrogens with zero attached hydrogens (tertiary/aromatic N) is 2. The lowest BCUT2D eigenvalue weighted by molar-refractivity contribution is 0.415. The first kappa shape index (κ1) is 10.4. The minimum absolute atomic E-state index is 0.0485. The Morgan fingerprint density at radius 3 is 2.75 bits per heavy atom. The average Bonchev–Trinajstić information content (AvgIpc) is 2.28. The maximum atomic E-state index is 9.30. The van der Waals surface area contributed by atoms with Crippen molar-refractivity contribution in [2.75, 3.05) is 7.11 Å². The summed E-state index contributed by atoms with van der Waals surface area (Å²) in [6, 6.07) is 7.17. The molecule has 0 bridgehead atoms. The van der Waals surface area contributed by atoms with Crippen molar-refractivity contribution in [1.82, 2.24) is 9.97 Å². The van der Waals surface area contributed by atoms with E-state index in [-0.39, 0.29) is 5.88 Å². The Morgan fingerprint density at radius 1 is 1.25 bits per heavy atom. The van der Waals surface area contributed by atoms with Crippen molar-refractivity contribution in [3.63, 3.8) is 0 Å². The quantitative estimate of drug-likeness (QED) is 0.835. The van der Waals surface area contributed by atoms with E-state index in [4.69, 9.17) is 4.74 Å². The standard InChI is InChI=1S/C12H12N2O2/c1-8-3-4-9(10(7-8)16-2)12-13-6-5-11(15)14-12/h3-7H,1-2H3,(H,13,14,15). The summed E-state index contributed by atoms with van der Waals surface area (Å²) in [5.74, 6) is 1.11. The summed E-state index contributed by atoms with van der Waals surface area (Å²) in [5.41, 5.74) is 1.87. The third-order valence-electron chi connectivity index (χ3n) is 2.24. The second kappa shape index (κ2) is 4.18. The lowest BCUT2D eigenvalue weighted by Gasteiger charge is -2.07. The zero-order chi connectivity index (χ0) is 11.5. The van der Waals surface area contributed by atoms with Crippen molar-refractivity contribution in [1.29, 1.82) is 0 Å². The summed E-state index contributed by atoms with van der Waals surface area (Å²) in [6.07, 6.45) is 1.51. The Morgan fingerprint density at radius 2 is 2.06 bits per heavy atom. The van der Waals surface area contributed by atoms with Gasteiger partial charge in [-0.15, -0.1) is 0 Å². The van der Waals surface area contributed by atoms with E-state index in [0.717, 1.165) is 11.1 Å². The van der Waals surface area contributed by atoms with E-state index in [1.807, 2.05) is 25.1 Å². The third-order valence-corrected chi connectivity index (χ3v) is 2.24. The minimum atomic E-state index is -0.0485. The van der Waals surface area contributed by atoms with Crippen molar-refractivity contribution in [2.45, 2.75) is 6.92 Å². The molecule has 0 fully saturated rings. The van der Waals surface area contributed by atoms with Gasteiger partial charge in [-0.2, -0.15) is 4.98 Å². The van der Waals surface area contributed by atoms with Gasteiger partial charge in [0.1, 0.15) is 5.75 Å². The zero-order valence-electron chi connectivity index (χ0n) is 9.14. The summed E-state index contributed by atoms with van der Waals surface area (Å²) in [5, 5.41) is 9.30. The number of methoxy groups -OCH3 is 1. The monoisotopic (exact) mass is 216 g/mol. The molecular weight excluding hydrogens is 204 g/mol. The highest BCUT2D eigenvalue weighted by molar-refractivity contribution is 5.64. The molecule has 1 N–H and O–H groups in total. The SMILES string of the molecule is COc1cc(C)ccc1-c1nccc(O)n1. The van der Waals surface area contributed by atoms with Crippen molar-refractivity contribution in [2.24, 2.45) is 0 Å². The molecule has 2 rings (SSSR count). The largest absolute Gasteiger partial charge is 0.496 e. The summed E-state index contributed by atoms with van der Waals surface area (Å²) >= 11 is 0. The maximum absolute atomic E-state index is 9.30. The summed E-state index contributed by atoms with van der Waals surface area (Å²) in [4.78, 5) is 8.04. The Hall–Kier alpha value is -2.10. The molecule has 0 radical (unpaired) electrons. The second-order valence-corrected chi connectivity index (χ2v) is 3.44. The van der Waals surface area contributed by atoms with Crippen LogP contribution < -0.4 is 4.74 Å². The first-order chi connectivity index (χ1) is 7.70. The molecule has 0 saturated heterocycles. The molecule has 0 aliphatic rings. The predicted molar refractivity (Wildman–Crippen MR) is 60.4 cm³/mol. The molecule has 0 spiro atoms. The van der Waals surface area contributed by atoms with Gasteiger partial charge in [0.05, 0.1) is 12.7 Å². The van der Waals surface area contributed by atoms with Crippen LogP contribution in [0, 0.1) is 6.92 Å². The van der Waals surface area contributed by atoms with Crippen LogP contribution in [0.4, 0.5) is 0 Å². The zero-order valence-corrected chi connectivity index (χ0v) is 9.14. The molecular formula is C12H12N2O2. The van der Waals surface area contributed by atoms with E-state index in [1.54, 1.807) is 7.11 Å². The fourth-order valence-electron chi connectivity index (χ4n) is 1.46. The summed E-state index contributed by atoms with van der Waals surface area (Å²) in [6.45, 7) is 1.98. The Balaban J connectivity index is 2.55. The van der Waals surface area contributed by atoms with Crippen LogP contribution in [0.15, 0.2) is 30.5 Å². The minimum Gasteiger partial charge on any atom is -0.496 e. The number of benzene rings is 1. The number of ether oxygens (including phenoxy) is 1. The molecule has 4 nitrogen and oxygen atoms in total. The van der Waals surface area contributed by atoms with Crippen LogP contribution >= 0.6 is 0 Å². The molecule has 0 atom stereocenters. The summed E-state index contributed by atoms with van der Waals surface area (Å²) < 4.78 is 5.26. The highest BCUT2D eigenvalue weighted by atomic mass is 16.5. The van der Waals surface area contributed by atoms with Crippen molar-refractivity contribution in [3.05, 3.63) is 36.0 Å². The fourth-order valence-corrected chi connectivity index (χ4v) is 1.46. The topological polar surface area (TPSA) is 55.2 Å². The first-order valence-corrected chi connectivity index (χ1v) is 4.88. The molecule has 0 aliphatic carbocycles. The molecule has 1 aromatic carbocycles. The molecule has 0 amide bonds. The number of hydrogen-bond acceptors (Lipinski definition) is 4. The molecule has 16 heavy (non-hydrogen) atoms. The van der Waals surface area contributed by atoms with Crippen LogP contribution in [0.3, 0.4) is 0 Å². The van der Waals surface area contributed by atoms with E-state index in [0.29, 0.717) is 11.6 Å². The van der Waals surface area contributed by atoms with Crippen LogP contribution in [0.2, 0.25) is 0 Å². The Kier molecular flexibility index (Phi) is 2.72. The van der Waals surface area contributed by atoms with Gasteiger partial charge >= 0.3 is 0 Å². The van der Waals surface area contributed by atoms with Gasteiger partial charge in [0.25, 0.3) is 0 Å². The van der Waals surface area contributed by atoms with Gasteiger partial charge in [0.2, 0.25) is 5.88 Å². The number of rotatable bonds is 2. The molecule has 1 heterocycles. The van der Waals surface area contributed by atoms with Crippen LogP contribution in [-0.4, -0.2) is 22.2 Å². The van der Waals surface area contributed by atoms with Gasteiger partial charge in [-0.05, 0) is 24.6 Å². The number of hydrogen-bond donors (Lipinski definition) is 1. The van der Waals surface area contributed by atoms with E-state index >= 15 is 0 Å². The molecule has 0 unspecified atom stereocenters. The van der Waals surface area contributed by atoms with E-state index < -0.39 is 0 Å². The van der Waals surface area contributed by atoms with Gasteiger partial charge in [-0.25, -0.2) is 4.98 Å². The lowest BCUT2D eigenvalue weighted by atomic mass is 10.1. The van der Waals surface area contributed by atoms with Gasteiger partial charge in [0, 0.05) is 12.3 Å². The van der Waals surface area contributed by atoms with E-state index in [9.17, 15) is 5.11 Å². The van der Waals surface area contributed by atoms with Crippen LogP contribution in [0.25, 0.3) is 11.4 Å². The van der Waals surface area contributed by atoms with Gasteiger partial charge in [0.15, 0.2) is 5.82 Å². The molecule has 0 aliphatic heterocycles.